The maximum Gasteiger partial charge on any atom is 0.293 e. The van der Waals surface area contributed by atoms with Crippen molar-refractivity contribution in [2.75, 3.05) is 6.54 Å². The Kier molecular flexibility index (Phi) is 7.05. The molecule has 0 saturated carbocycles. The van der Waals surface area contributed by atoms with Gasteiger partial charge in [0.25, 0.3) is 11.1 Å². The molecule has 0 atom stereocenters. The monoisotopic (exact) mass is 435 g/mol. The Hall–Kier alpha value is -1.95. The van der Waals surface area contributed by atoms with Crippen molar-refractivity contribution in [3.05, 3.63) is 68.5 Å². The molecule has 0 N–H and O–H groups in total. The summed E-state index contributed by atoms with van der Waals surface area (Å²) in [5.74, 6) is 0.299. The minimum Gasteiger partial charge on any atom is -0.487 e. The summed E-state index contributed by atoms with van der Waals surface area (Å²) in [6.45, 7) is 2.84. The highest BCUT2D eigenvalue weighted by Gasteiger charge is 2.34. The van der Waals surface area contributed by atoms with Crippen molar-refractivity contribution in [3.63, 3.8) is 0 Å². The molecule has 2 amide bonds. The maximum atomic E-state index is 12.4. The zero-order valence-corrected chi connectivity index (χ0v) is 17.6. The number of carbonyl (C=O) groups excluding carboxylic acids is 2. The number of halogens is 2. The molecule has 1 saturated heterocycles. The van der Waals surface area contributed by atoms with Crippen LogP contribution in [0.4, 0.5) is 4.79 Å². The Labute approximate surface area is 178 Å². The minimum absolute atomic E-state index is 0.223. The molecule has 7 heteroatoms. The van der Waals surface area contributed by atoms with E-state index in [0.29, 0.717) is 33.9 Å². The Morgan fingerprint density at radius 3 is 2.54 bits per heavy atom. The molecule has 0 radical (unpaired) electrons. The van der Waals surface area contributed by atoms with E-state index in [1.165, 1.54) is 4.90 Å². The number of nitrogens with zero attached hydrogens (tertiary/aromatic N) is 1. The van der Waals surface area contributed by atoms with Crippen LogP contribution in [0.3, 0.4) is 0 Å². The lowest BCUT2D eigenvalue weighted by Gasteiger charge is -2.11. The van der Waals surface area contributed by atoms with Gasteiger partial charge in [-0.2, -0.15) is 0 Å². The van der Waals surface area contributed by atoms with Crippen LogP contribution in [0.15, 0.2) is 47.4 Å². The van der Waals surface area contributed by atoms with Gasteiger partial charge in [0.2, 0.25) is 0 Å². The van der Waals surface area contributed by atoms with E-state index in [1.807, 2.05) is 25.1 Å². The lowest BCUT2D eigenvalue weighted by Crippen LogP contribution is -2.29. The fourth-order valence-corrected chi connectivity index (χ4v) is 3.86. The number of amides is 2. The van der Waals surface area contributed by atoms with E-state index in [1.54, 1.807) is 30.3 Å². The Morgan fingerprint density at radius 1 is 1.11 bits per heavy atom. The summed E-state index contributed by atoms with van der Waals surface area (Å²) in [4.78, 5) is 26.1. The Balaban J connectivity index is 1.68. The van der Waals surface area contributed by atoms with Crippen molar-refractivity contribution >= 4 is 52.2 Å². The molecule has 28 heavy (non-hydrogen) atoms. The lowest BCUT2D eigenvalue weighted by atomic mass is 10.2. The van der Waals surface area contributed by atoms with Crippen molar-refractivity contribution in [2.24, 2.45) is 0 Å². The Bertz CT molecular complexity index is 912. The smallest absolute Gasteiger partial charge is 0.293 e. The van der Waals surface area contributed by atoms with Crippen molar-refractivity contribution in [2.45, 2.75) is 26.4 Å². The summed E-state index contributed by atoms with van der Waals surface area (Å²) in [5, 5.41) is 0.886. The molecule has 4 nitrogen and oxygen atoms in total. The molecule has 1 fully saturated rings. The molecule has 0 bridgehead atoms. The van der Waals surface area contributed by atoms with Crippen LogP contribution in [0.2, 0.25) is 10.0 Å². The van der Waals surface area contributed by atoms with Gasteiger partial charge >= 0.3 is 0 Å². The van der Waals surface area contributed by atoms with Gasteiger partial charge in [0.05, 0.1) is 9.93 Å². The summed E-state index contributed by atoms with van der Waals surface area (Å²) >= 11 is 13.2. The van der Waals surface area contributed by atoms with E-state index in [9.17, 15) is 9.59 Å². The van der Waals surface area contributed by atoms with Crippen LogP contribution in [0.1, 0.15) is 30.9 Å². The summed E-state index contributed by atoms with van der Waals surface area (Å²) in [6.07, 6.45) is 3.41. The van der Waals surface area contributed by atoms with Crippen LogP contribution in [0.25, 0.3) is 6.08 Å². The number of hydrogen-bond acceptors (Lipinski definition) is 4. The van der Waals surface area contributed by atoms with E-state index in [2.05, 4.69) is 0 Å². The van der Waals surface area contributed by atoms with Crippen LogP contribution in [0, 0.1) is 0 Å². The van der Waals surface area contributed by atoms with E-state index in [0.717, 1.165) is 35.7 Å². The number of imide groups is 1. The van der Waals surface area contributed by atoms with E-state index >= 15 is 0 Å². The van der Waals surface area contributed by atoms with Crippen molar-refractivity contribution in [1.29, 1.82) is 0 Å². The highest BCUT2D eigenvalue weighted by atomic mass is 35.5. The first kappa shape index (κ1) is 20.8. The second-order valence-corrected chi connectivity index (χ2v) is 8.13. The number of hydrogen-bond donors (Lipinski definition) is 0. The molecule has 0 aliphatic carbocycles. The minimum atomic E-state index is -0.248. The first-order chi connectivity index (χ1) is 13.5. The maximum absolute atomic E-state index is 12.4. The molecule has 3 rings (SSSR count). The molecule has 146 valence electrons. The van der Waals surface area contributed by atoms with Gasteiger partial charge in [-0.15, -0.1) is 0 Å². The molecule has 2 aromatic carbocycles. The molecular weight excluding hydrogens is 417 g/mol. The highest BCUT2D eigenvalue weighted by molar-refractivity contribution is 8.18. The quantitative estimate of drug-likeness (QED) is 0.471. The number of ether oxygens (including phenoxy) is 1. The van der Waals surface area contributed by atoms with Crippen LogP contribution in [0.5, 0.6) is 5.75 Å². The number of unbranched alkanes of at least 4 members (excludes halogenated alkanes) is 1. The van der Waals surface area contributed by atoms with Gasteiger partial charge in [0.1, 0.15) is 12.4 Å². The normalized spacial score (nSPS) is 15.5. The predicted octanol–water partition coefficient (Wildman–Crippen LogP) is 6.41. The van der Waals surface area contributed by atoms with Gasteiger partial charge in [-0.3, -0.25) is 14.5 Å². The van der Waals surface area contributed by atoms with Crippen molar-refractivity contribution < 1.29 is 14.3 Å². The number of rotatable bonds is 7. The molecule has 1 heterocycles. The van der Waals surface area contributed by atoms with Crippen LogP contribution in [-0.4, -0.2) is 22.6 Å². The zero-order valence-electron chi connectivity index (χ0n) is 15.3. The molecule has 1 aliphatic rings. The van der Waals surface area contributed by atoms with E-state index in [-0.39, 0.29) is 11.1 Å². The van der Waals surface area contributed by atoms with Gasteiger partial charge in [-0.1, -0.05) is 54.7 Å². The Morgan fingerprint density at radius 2 is 1.86 bits per heavy atom. The SMILES string of the molecule is CCCCN1C(=O)S/C(=C\c2ccc(OCc3ccc(Cl)cc3)c(Cl)c2)C1=O. The third kappa shape index (κ3) is 5.10. The van der Waals surface area contributed by atoms with Gasteiger partial charge in [0.15, 0.2) is 0 Å². The first-order valence-corrected chi connectivity index (χ1v) is 10.5. The number of thioether (sulfide) groups is 1. The second kappa shape index (κ2) is 9.50. The first-order valence-electron chi connectivity index (χ1n) is 8.90. The largest absolute Gasteiger partial charge is 0.487 e. The third-order valence-corrected chi connectivity index (χ3v) is 5.62. The van der Waals surface area contributed by atoms with Gasteiger partial charge < -0.3 is 4.74 Å². The molecule has 2 aromatic rings. The van der Waals surface area contributed by atoms with Gasteiger partial charge in [0, 0.05) is 11.6 Å². The second-order valence-electron chi connectivity index (χ2n) is 6.29. The zero-order chi connectivity index (χ0) is 20.1. The molecule has 0 aromatic heterocycles. The molecule has 0 spiro atoms. The summed E-state index contributed by atoms with van der Waals surface area (Å²) in [6, 6.07) is 12.7. The summed E-state index contributed by atoms with van der Waals surface area (Å²) in [5.41, 5.74) is 1.72. The lowest BCUT2D eigenvalue weighted by molar-refractivity contribution is -0.122. The standard InChI is InChI=1S/C21H19Cl2NO3S/c1-2-3-10-24-20(25)19(28-21(24)26)12-15-6-9-18(17(23)11-15)27-13-14-4-7-16(22)8-5-14/h4-9,11-12H,2-3,10,13H2,1H3/b19-12-. The van der Waals surface area contributed by atoms with Crippen LogP contribution in [-0.2, 0) is 11.4 Å². The summed E-state index contributed by atoms with van der Waals surface area (Å²) < 4.78 is 5.76. The van der Waals surface area contributed by atoms with E-state index in [4.69, 9.17) is 27.9 Å². The van der Waals surface area contributed by atoms with Gasteiger partial charge in [-0.25, -0.2) is 0 Å². The van der Waals surface area contributed by atoms with Gasteiger partial charge in [-0.05, 0) is 59.7 Å². The average Bonchev–Trinajstić information content (AvgIpc) is 2.94. The average molecular weight is 436 g/mol. The summed E-state index contributed by atoms with van der Waals surface area (Å²) in [7, 11) is 0. The molecule has 1 aliphatic heterocycles. The number of benzene rings is 2. The third-order valence-electron chi connectivity index (χ3n) is 4.17. The number of carbonyl (C=O) groups is 2. The fourth-order valence-electron chi connectivity index (χ4n) is 2.63. The van der Waals surface area contributed by atoms with Crippen molar-refractivity contribution in [3.8, 4) is 5.75 Å². The van der Waals surface area contributed by atoms with E-state index < -0.39 is 0 Å². The predicted molar refractivity (Wildman–Crippen MR) is 115 cm³/mol. The molecule has 0 unspecified atom stereocenters. The van der Waals surface area contributed by atoms with Crippen LogP contribution < -0.4 is 4.74 Å². The van der Waals surface area contributed by atoms with Crippen LogP contribution >= 0.6 is 35.0 Å². The topological polar surface area (TPSA) is 46.6 Å². The highest BCUT2D eigenvalue weighted by Crippen LogP contribution is 2.34. The van der Waals surface area contributed by atoms with Crippen molar-refractivity contribution in [1.82, 2.24) is 4.90 Å². The molecular formula is C21H19Cl2NO3S. The fraction of sp³-hybridized carbons (Fsp3) is 0.238.